The molecule has 0 aliphatic carbocycles. The van der Waals surface area contributed by atoms with E-state index in [0.717, 1.165) is 19.4 Å². The predicted molar refractivity (Wildman–Crippen MR) is 77.6 cm³/mol. The molecular formula is C16H27NO. The highest BCUT2D eigenvalue weighted by atomic mass is 16.5. The third-order valence-electron chi connectivity index (χ3n) is 3.34. The molecule has 2 nitrogen and oxygen atoms in total. The summed E-state index contributed by atoms with van der Waals surface area (Å²) in [5.41, 5.74) is 1.27. The van der Waals surface area contributed by atoms with Gasteiger partial charge in [-0.2, -0.15) is 0 Å². The van der Waals surface area contributed by atoms with E-state index >= 15 is 0 Å². The molecule has 0 aromatic heterocycles. The van der Waals surface area contributed by atoms with E-state index in [4.69, 9.17) is 0 Å². The Morgan fingerprint density at radius 1 is 0.889 bits per heavy atom. The second-order valence-corrected chi connectivity index (χ2v) is 5.04. The summed E-state index contributed by atoms with van der Waals surface area (Å²) in [6.07, 6.45) is 8.44. The summed E-state index contributed by atoms with van der Waals surface area (Å²) in [4.78, 5) is 0. The first-order valence-electron chi connectivity index (χ1n) is 7.38. The molecule has 0 saturated carbocycles. The van der Waals surface area contributed by atoms with Gasteiger partial charge >= 0.3 is 0 Å². The van der Waals surface area contributed by atoms with Crippen molar-refractivity contribution in [2.45, 2.75) is 51.9 Å². The van der Waals surface area contributed by atoms with Gasteiger partial charge in [0.05, 0.1) is 13.1 Å². The molecule has 1 unspecified atom stereocenters. The number of nitrogens with one attached hydrogen (secondary N) is 1. The minimum absolute atomic E-state index is 0.425. The maximum absolute atomic E-state index is 11.7. The number of quaternary nitrogens is 1. The largest absolute Gasteiger partial charge is 0.634 e. The fraction of sp³-hybridized carbons (Fsp3) is 0.625. The van der Waals surface area contributed by atoms with Crippen LogP contribution in [0.2, 0.25) is 0 Å². The molecule has 0 heterocycles. The molecule has 0 bridgehead atoms. The van der Waals surface area contributed by atoms with E-state index in [-0.39, 0.29) is 0 Å². The molecule has 2 heteroatoms. The van der Waals surface area contributed by atoms with Crippen LogP contribution in [0.3, 0.4) is 0 Å². The number of rotatable bonds is 10. The third kappa shape index (κ3) is 7.46. The lowest BCUT2D eigenvalue weighted by atomic mass is 10.1. The highest BCUT2D eigenvalue weighted by Gasteiger charge is 1.99. The first kappa shape index (κ1) is 15.2. The monoisotopic (exact) mass is 249 g/mol. The smallest absolute Gasteiger partial charge is 0.0809 e. The normalized spacial score (nSPS) is 12.6. The van der Waals surface area contributed by atoms with Crippen molar-refractivity contribution in [2.24, 2.45) is 0 Å². The van der Waals surface area contributed by atoms with Gasteiger partial charge in [-0.3, -0.25) is 0 Å². The van der Waals surface area contributed by atoms with Crippen molar-refractivity contribution in [1.82, 2.24) is 0 Å². The van der Waals surface area contributed by atoms with E-state index in [1.807, 2.05) is 18.2 Å². The highest BCUT2D eigenvalue weighted by molar-refractivity contribution is 5.14. The maximum Gasteiger partial charge on any atom is 0.0809 e. The molecule has 0 fully saturated rings. The van der Waals surface area contributed by atoms with Crippen LogP contribution in [0.15, 0.2) is 30.3 Å². The van der Waals surface area contributed by atoms with E-state index in [1.165, 1.54) is 37.7 Å². The molecule has 0 radical (unpaired) electrons. The summed E-state index contributed by atoms with van der Waals surface area (Å²) >= 11 is 0. The second-order valence-electron chi connectivity index (χ2n) is 5.04. The predicted octanol–water partition coefficient (Wildman–Crippen LogP) is 2.97. The Morgan fingerprint density at radius 2 is 1.56 bits per heavy atom. The van der Waals surface area contributed by atoms with Crippen LogP contribution < -0.4 is 5.06 Å². The van der Waals surface area contributed by atoms with Gasteiger partial charge in [0.2, 0.25) is 0 Å². The molecule has 1 rings (SSSR count). The SMILES string of the molecule is CCCCCCCC[NH+]([O-])CCc1ccccc1. The van der Waals surface area contributed by atoms with Crippen molar-refractivity contribution in [3.8, 4) is 0 Å². The van der Waals surface area contributed by atoms with Crippen molar-refractivity contribution < 1.29 is 5.06 Å². The molecule has 1 aromatic carbocycles. The summed E-state index contributed by atoms with van der Waals surface area (Å²) < 4.78 is 0. The lowest BCUT2D eigenvalue weighted by molar-refractivity contribution is -0.848. The molecule has 102 valence electrons. The summed E-state index contributed by atoms with van der Waals surface area (Å²) in [6.45, 7) is 3.71. The van der Waals surface area contributed by atoms with Crippen molar-refractivity contribution in [1.29, 1.82) is 0 Å². The summed E-state index contributed by atoms with van der Waals surface area (Å²) in [7, 11) is 0. The Hall–Kier alpha value is -0.860. The van der Waals surface area contributed by atoms with Gasteiger partial charge in [-0.1, -0.05) is 62.9 Å². The zero-order valence-corrected chi connectivity index (χ0v) is 11.7. The number of unbranched alkanes of at least 4 members (excludes halogenated alkanes) is 5. The van der Waals surface area contributed by atoms with Gasteiger partial charge in [0, 0.05) is 6.42 Å². The zero-order valence-electron chi connectivity index (χ0n) is 11.7. The van der Waals surface area contributed by atoms with Crippen molar-refractivity contribution in [3.63, 3.8) is 0 Å². The zero-order chi connectivity index (χ0) is 13.1. The van der Waals surface area contributed by atoms with E-state index in [2.05, 4.69) is 19.1 Å². The summed E-state index contributed by atoms with van der Waals surface area (Å²) in [5, 5.41) is 12.1. The van der Waals surface area contributed by atoms with Crippen LogP contribution in [0.25, 0.3) is 0 Å². The van der Waals surface area contributed by atoms with Gasteiger partial charge in [-0.25, -0.2) is 0 Å². The molecule has 0 amide bonds. The fourth-order valence-corrected chi connectivity index (χ4v) is 2.16. The van der Waals surface area contributed by atoms with E-state index in [1.54, 1.807) is 0 Å². The Kier molecular flexibility index (Phi) is 8.53. The lowest BCUT2D eigenvalue weighted by Gasteiger charge is -2.22. The van der Waals surface area contributed by atoms with Gasteiger partial charge in [-0.05, 0) is 18.4 Å². The molecule has 1 N–H and O–H groups in total. The lowest BCUT2D eigenvalue weighted by Crippen LogP contribution is -3.07. The van der Waals surface area contributed by atoms with Crippen molar-refractivity contribution in [3.05, 3.63) is 41.1 Å². The molecule has 0 saturated heterocycles. The Morgan fingerprint density at radius 3 is 2.28 bits per heavy atom. The van der Waals surface area contributed by atoms with E-state index in [9.17, 15) is 5.21 Å². The molecule has 18 heavy (non-hydrogen) atoms. The highest BCUT2D eigenvalue weighted by Crippen LogP contribution is 2.03. The standard InChI is InChI=1S/C16H27NO/c1-2-3-4-5-6-10-14-17(18)15-13-16-11-8-7-9-12-16/h7-9,11-12,17H,2-6,10,13-15H2,1H3. The van der Waals surface area contributed by atoms with Gasteiger partial charge in [0.1, 0.15) is 0 Å². The number of hydroxylamine groups is 2. The molecule has 1 atom stereocenters. The van der Waals surface area contributed by atoms with Gasteiger partial charge in [0.25, 0.3) is 0 Å². The van der Waals surface area contributed by atoms with Crippen molar-refractivity contribution >= 4 is 0 Å². The van der Waals surface area contributed by atoms with Crippen LogP contribution in [0.5, 0.6) is 0 Å². The molecule has 0 aliphatic heterocycles. The molecule has 1 aromatic rings. The van der Waals surface area contributed by atoms with Gasteiger partial charge in [-0.15, -0.1) is 0 Å². The minimum atomic E-state index is 0.425. The molecular weight excluding hydrogens is 222 g/mol. The van der Waals surface area contributed by atoms with Crippen LogP contribution in [0.1, 0.15) is 51.0 Å². The van der Waals surface area contributed by atoms with Gasteiger partial charge < -0.3 is 10.3 Å². The van der Waals surface area contributed by atoms with Crippen LogP contribution in [-0.4, -0.2) is 13.1 Å². The van der Waals surface area contributed by atoms with E-state index in [0.29, 0.717) is 11.6 Å². The third-order valence-corrected chi connectivity index (χ3v) is 3.34. The second kappa shape index (κ2) is 10.1. The average Bonchev–Trinajstić information content (AvgIpc) is 2.41. The van der Waals surface area contributed by atoms with E-state index < -0.39 is 0 Å². The first-order chi connectivity index (χ1) is 8.83. The average molecular weight is 249 g/mol. The van der Waals surface area contributed by atoms with Crippen molar-refractivity contribution in [2.75, 3.05) is 13.1 Å². The number of hydrogen-bond donors (Lipinski definition) is 1. The quantitative estimate of drug-likeness (QED) is 0.501. The minimum Gasteiger partial charge on any atom is -0.634 e. The number of benzene rings is 1. The molecule has 0 aliphatic rings. The Bertz CT molecular complexity index is 286. The van der Waals surface area contributed by atoms with Gasteiger partial charge in [0.15, 0.2) is 0 Å². The topological polar surface area (TPSA) is 27.5 Å². The van der Waals surface area contributed by atoms with Crippen LogP contribution >= 0.6 is 0 Å². The summed E-state index contributed by atoms with van der Waals surface area (Å²) in [5.74, 6) is 0. The molecule has 0 spiro atoms. The summed E-state index contributed by atoms with van der Waals surface area (Å²) in [6, 6.07) is 10.3. The maximum atomic E-state index is 11.7. The Labute approximate surface area is 112 Å². The Balaban J connectivity index is 1.99. The fourth-order valence-electron chi connectivity index (χ4n) is 2.16. The van der Waals surface area contributed by atoms with Crippen LogP contribution in [0, 0.1) is 5.21 Å². The van der Waals surface area contributed by atoms with Crippen LogP contribution in [-0.2, 0) is 6.42 Å². The number of hydrogen-bond acceptors (Lipinski definition) is 1. The van der Waals surface area contributed by atoms with Crippen LogP contribution in [0.4, 0.5) is 0 Å². The first-order valence-corrected chi connectivity index (χ1v) is 7.38.